The third-order valence-electron chi connectivity index (χ3n) is 2.13. The molecule has 0 unspecified atom stereocenters. The Bertz CT molecular complexity index is 326. The Morgan fingerprint density at radius 2 is 2.46 bits per heavy atom. The molecule has 0 aliphatic carbocycles. The number of nitrogens with zero attached hydrogens (tertiary/aromatic N) is 1. The second-order valence-corrected chi connectivity index (χ2v) is 3.00. The van der Waals surface area contributed by atoms with Crippen molar-refractivity contribution in [1.29, 1.82) is 0 Å². The van der Waals surface area contributed by atoms with Crippen molar-refractivity contribution in [3.05, 3.63) is 17.3 Å². The Hall–Kier alpha value is -1.29. The zero-order chi connectivity index (χ0) is 9.26. The molecule has 0 saturated carbocycles. The van der Waals surface area contributed by atoms with Gasteiger partial charge in [0.15, 0.2) is 0 Å². The van der Waals surface area contributed by atoms with Crippen LogP contribution < -0.4 is 10.5 Å². The highest BCUT2D eigenvalue weighted by Crippen LogP contribution is 2.24. The standard InChI is InChI=1S/C9H12N2O2/c1-12-9-7(10)4-6-2-3-13-5-8(6)11-9/h4H,2-3,5,10H2,1H3. The van der Waals surface area contributed by atoms with E-state index < -0.39 is 0 Å². The molecule has 0 radical (unpaired) electrons. The molecule has 0 fully saturated rings. The van der Waals surface area contributed by atoms with E-state index in [1.807, 2.05) is 6.07 Å². The maximum Gasteiger partial charge on any atom is 0.237 e. The number of hydrogen-bond donors (Lipinski definition) is 1. The van der Waals surface area contributed by atoms with Crippen LogP contribution in [-0.4, -0.2) is 18.7 Å². The summed E-state index contributed by atoms with van der Waals surface area (Å²) in [7, 11) is 1.56. The fourth-order valence-electron chi connectivity index (χ4n) is 1.45. The summed E-state index contributed by atoms with van der Waals surface area (Å²) in [5, 5.41) is 0. The molecule has 0 bridgehead atoms. The average Bonchev–Trinajstić information content (AvgIpc) is 2.17. The molecule has 2 heterocycles. The van der Waals surface area contributed by atoms with Gasteiger partial charge in [0, 0.05) is 0 Å². The van der Waals surface area contributed by atoms with Crippen LogP contribution in [-0.2, 0) is 17.8 Å². The fourth-order valence-corrected chi connectivity index (χ4v) is 1.45. The number of anilines is 1. The fraction of sp³-hybridized carbons (Fsp3) is 0.444. The summed E-state index contributed by atoms with van der Waals surface area (Å²) in [4.78, 5) is 4.26. The Balaban J connectivity index is 2.44. The smallest absolute Gasteiger partial charge is 0.237 e. The van der Waals surface area contributed by atoms with Crippen LogP contribution in [0, 0.1) is 0 Å². The molecule has 2 rings (SSSR count). The number of rotatable bonds is 1. The van der Waals surface area contributed by atoms with Crippen molar-refractivity contribution in [3.63, 3.8) is 0 Å². The van der Waals surface area contributed by atoms with Crippen molar-refractivity contribution >= 4 is 5.69 Å². The van der Waals surface area contributed by atoms with Gasteiger partial charge in [0.2, 0.25) is 5.88 Å². The predicted molar refractivity (Wildman–Crippen MR) is 48.6 cm³/mol. The molecule has 1 aliphatic rings. The number of nitrogen functional groups attached to an aromatic ring is 1. The van der Waals surface area contributed by atoms with E-state index in [-0.39, 0.29) is 0 Å². The summed E-state index contributed by atoms with van der Waals surface area (Å²) in [5.41, 5.74) is 8.44. The molecule has 0 saturated heterocycles. The summed E-state index contributed by atoms with van der Waals surface area (Å²) in [5.74, 6) is 0.490. The van der Waals surface area contributed by atoms with E-state index in [0.717, 1.165) is 18.7 Å². The predicted octanol–water partition coefficient (Wildman–Crippen LogP) is 0.745. The van der Waals surface area contributed by atoms with Gasteiger partial charge in [0.1, 0.15) is 0 Å². The van der Waals surface area contributed by atoms with Crippen LogP contribution >= 0.6 is 0 Å². The largest absolute Gasteiger partial charge is 0.480 e. The zero-order valence-electron chi connectivity index (χ0n) is 7.54. The third-order valence-corrected chi connectivity index (χ3v) is 2.13. The molecule has 13 heavy (non-hydrogen) atoms. The van der Waals surface area contributed by atoms with Gasteiger partial charge in [0.05, 0.1) is 31.7 Å². The van der Waals surface area contributed by atoms with Gasteiger partial charge in [-0.15, -0.1) is 0 Å². The van der Waals surface area contributed by atoms with Crippen LogP contribution in [0.3, 0.4) is 0 Å². The number of fused-ring (bicyclic) bond motifs is 1. The van der Waals surface area contributed by atoms with Crippen molar-refractivity contribution in [2.24, 2.45) is 0 Å². The minimum atomic E-state index is 0.490. The van der Waals surface area contributed by atoms with Crippen molar-refractivity contribution in [3.8, 4) is 5.88 Å². The first kappa shape index (κ1) is 8.31. The lowest BCUT2D eigenvalue weighted by molar-refractivity contribution is 0.107. The van der Waals surface area contributed by atoms with Gasteiger partial charge < -0.3 is 15.2 Å². The van der Waals surface area contributed by atoms with Crippen LogP contribution in [0.1, 0.15) is 11.3 Å². The molecular weight excluding hydrogens is 168 g/mol. The lowest BCUT2D eigenvalue weighted by Crippen LogP contribution is -2.13. The van der Waals surface area contributed by atoms with E-state index in [9.17, 15) is 0 Å². The van der Waals surface area contributed by atoms with Gasteiger partial charge in [-0.25, -0.2) is 4.98 Å². The van der Waals surface area contributed by atoms with Gasteiger partial charge in [-0.1, -0.05) is 0 Å². The molecule has 4 heteroatoms. The SMILES string of the molecule is COc1nc2c(cc1N)CCOC2. The maximum absolute atomic E-state index is 5.73. The number of nitrogens with two attached hydrogens (primary N) is 1. The molecule has 1 aromatic heterocycles. The highest BCUT2D eigenvalue weighted by atomic mass is 16.5. The van der Waals surface area contributed by atoms with Crippen molar-refractivity contribution in [2.75, 3.05) is 19.5 Å². The lowest BCUT2D eigenvalue weighted by atomic mass is 10.1. The van der Waals surface area contributed by atoms with Crippen LogP contribution in [0.5, 0.6) is 5.88 Å². The molecule has 2 N–H and O–H groups in total. The minimum absolute atomic E-state index is 0.490. The van der Waals surface area contributed by atoms with E-state index in [2.05, 4.69) is 4.98 Å². The van der Waals surface area contributed by atoms with Crippen molar-refractivity contribution in [2.45, 2.75) is 13.0 Å². The van der Waals surface area contributed by atoms with E-state index in [0.29, 0.717) is 18.2 Å². The maximum atomic E-state index is 5.73. The van der Waals surface area contributed by atoms with Crippen molar-refractivity contribution in [1.82, 2.24) is 4.98 Å². The first-order valence-electron chi connectivity index (χ1n) is 4.21. The molecule has 1 aromatic rings. The molecule has 0 spiro atoms. The number of ether oxygens (including phenoxy) is 2. The van der Waals surface area contributed by atoms with Gasteiger partial charge in [-0.05, 0) is 18.1 Å². The summed E-state index contributed by atoms with van der Waals surface area (Å²) in [6.45, 7) is 1.31. The summed E-state index contributed by atoms with van der Waals surface area (Å²) in [6, 6.07) is 1.92. The van der Waals surface area contributed by atoms with E-state index >= 15 is 0 Å². The lowest BCUT2D eigenvalue weighted by Gasteiger charge is -2.16. The Morgan fingerprint density at radius 3 is 3.23 bits per heavy atom. The summed E-state index contributed by atoms with van der Waals surface area (Å²) in [6.07, 6.45) is 0.885. The van der Waals surface area contributed by atoms with E-state index in [1.54, 1.807) is 7.11 Å². The minimum Gasteiger partial charge on any atom is -0.480 e. The molecule has 1 aliphatic heterocycles. The topological polar surface area (TPSA) is 57.4 Å². The first-order valence-corrected chi connectivity index (χ1v) is 4.21. The average molecular weight is 180 g/mol. The summed E-state index contributed by atoms with van der Waals surface area (Å²) >= 11 is 0. The Kier molecular flexibility index (Phi) is 2.06. The van der Waals surface area contributed by atoms with Crippen LogP contribution in [0.2, 0.25) is 0 Å². The van der Waals surface area contributed by atoms with Gasteiger partial charge >= 0.3 is 0 Å². The Labute approximate surface area is 76.7 Å². The number of pyridine rings is 1. The monoisotopic (exact) mass is 180 g/mol. The van der Waals surface area contributed by atoms with Crippen LogP contribution in [0.25, 0.3) is 0 Å². The van der Waals surface area contributed by atoms with Crippen molar-refractivity contribution < 1.29 is 9.47 Å². The summed E-state index contributed by atoms with van der Waals surface area (Å²) < 4.78 is 10.3. The molecule has 70 valence electrons. The zero-order valence-corrected chi connectivity index (χ0v) is 7.54. The highest BCUT2D eigenvalue weighted by molar-refractivity contribution is 5.51. The first-order chi connectivity index (χ1) is 6.31. The van der Waals surface area contributed by atoms with E-state index in [1.165, 1.54) is 5.56 Å². The molecule has 0 amide bonds. The second kappa shape index (κ2) is 3.22. The molecular formula is C9H12N2O2. The van der Waals surface area contributed by atoms with Crippen LogP contribution in [0.4, 0.5) is 5.69 Å². The number of methoxy groups -OCH3 is 1. The van der Waals surface area contributed by atoms with Gasteiger partial charge in [0.25, 0.3) is 0 Å². The number of hydrogen-bond acceptors (Lipinski definition) is 4. The molecule has 0 aromatic carbocycles. The van der Waals surface area contributed by atoms with Gasteiger partial charge in [-0.2, -0.15) is 0 Å². The van der Waals surface area contributed by atoms with E-state index in [4.69, 9.17) is 15.2 Å². The number of aromatic nitrogens is 1. The second-order valence-electron chi connectivity index (χ2n) is 3.00. The Morgan fingerprint density at radius 1 is 1.62 bits per heavy atom. The quantitative estimate of drug-likeness (QED) is 0.692. The molecule has 0 atom stereocenters. The van der Waals surface area contributed by atoms with Gasteiger partial charge in [-0.3, -0.25) is 0 Å². The normalized spacial score (nSPS) is 15.2. The third kappa shape index (κ3) is 1.45. The highest BCUT2D eigenvalue weighted by Gasteiger charge is 2.13. The molecule has 4 nitrogen and oxygen atoms in total. The van der Waals surface area contributed by atoms with Crippen LogP contribution in [0.15, 0.2) is 6.07 Å².